The summed E-state index contributed by atoms with van der Waals surface area (Å²) in [5, 5.41) is -1.42. The third-order valence-electron chi connectivity index (χ3n) is 5.63. The molecule has 4 nitrogen and oxygen atoms in total. The zero-order chi connectivity index (χ0) is 20.4. The van der Waals surface area contributed by atoms with Crippen molar-refractivity contribution in [1.29, 1.82) is 0 Å². The van der Waals surface area contributed by atoms with Crippen LogP contribution in [0, 0.1) is 5.41 Å². The molecule has 2 rings (SSSR count). The van der Waals surface area contributed by atoms with E-state index in [1.807, 2.05) is 13.0 Å². The van der Waals surface area contributed by atoms with Crippen molar-refractivity contribution in [3.63, 3.8) is 0 Å². The van der Waals surface area contributed by atoms with Gasteiger partial charge in [0, 0.05) is 6.92 Å². The van der Waals surface area contributed by atoms with E-state index in [1.54, 1.807) is 19.1 Å². The van der Waals surface area contributed by atoms with Crippen LogP contribution in [0.3, 0.4) is 0 Å². The van der Waals surface area contributed by atoms with E-state index in [4.69, 9.17) is 4.74 Å². The Morgan fingerprint density at radius 2 is 1.96 bits per heavy atom. The lowest BCUT2D eigenvalue weighted by Gasteiger charge is -2.33. The summed E-state index contributed by atoms with van der Waals surface area (Å²) in [7, 11) is -3.44. The summed E-state index contributed by atoms with van der Waals surface area (Å²) >= 11 is 0. The Balaban J connectivity index is 2.20. The van der Waals surface area contributed by atoms with Gasteiger partial charge in [-0.15, -0.1) is 0 Å². The van der Waals surface area contributed by atoms with E-state index in [2.05, 4.69) is 26.8 Å². The van der Waals surface area contributed by atoms with Crippen LogP contribution in [0.1, 0.15) is 60.8 Å². The van der Waals surface area contributed by atoms with Gasteiger partial charge in [-0.3, -0.25) is 4.79 Å². The van der Waals surface area contributed by atoms with Crippen molar-refractivity contribution in [3.05, 3.63) is 46.6 Å². The van der Waals surface area contributed by atoms with Crippen molar-refractivity contribution < 1.29 is 17.9 Å². The van der Waals surface area contributed by atoms with E-state index >= 15 is 0 Å². The zero-order valence-electron chi connectivity index (χ0n) is 17.3. The molecule has 0 aromatic rings. The van der Waals surface area contributed by atoms with E-state index in [1.165, 1.54) is 30.9 Å². The molecule has 0 aromatic carbocycles. The number of allylic oxidation sites excluding steroid dienone is 5. The average molecular weight is 393 g/mol. The molecule has 1 aliphatic carbocycles. The van der Waals surface area contributed by atoms with Crippen molar-refractivity contribution >= 4 is 15.8 Å². The second-order valence-corrected chi connectivity index (χ2v) is 10.7. The Bertz CT molecular complexity index is 822. The number of rotatable bonds is 5. The van der Waals surface area contributed by atoms with Gasteiger partial charge in [0.15, 0.2) is 9.84 Å². The van der Waals surface area contributed by atoms with Gasteiger partial charge in [-0.05, 0) is 51.0 Å². The van der Waals surface area contributed by atoms with Crippen LogP contribution in [0.25, 0.3) is 0 Å². The van der Waals surface area contributed by atoms with Crippen LogP contribution in [0.5, 0.6) is 0 Å². The lowest BCUT2D eigenvalue weighted by molar-refractivity contribution is -0.140. The van der Waals surface area contributed by atoms with Gasteiger partial charge < -0.3 is 4.74 Å². The second-order valence-electron chi connectivity index (χ2n) is 8.43. The topological polar surface area (TPSA) is 60.4 Å². The Morgan fingerprint density at radius 1 is 1.30 bits per heavy atom. The fourth-order valence-corrected chi connectivity index (χ4v) is 6.05. The van der Waals surface area contributed by atoms with Gasteiger partial charge in [-0.25, -0.2) is 8.42 Å². The Hall–Kier alpha value is -1.62. The highest BCUT2D eigenvalue weighted by molar-refractivity contribution is 7.93. The number of sulfone groups is 1. The Labute approximate surface area is 164 Å². The monoisotopic (exact) mass is 392 g/mol. The number of carbonyl (C=O) groups excluding carboxylic acids is 1. The standard InChI is InChI=1S/C22H32O4S/c1-15(9-10-20-16(2)8-7-11-22(20,5)6)12-19-13-17(3)21(27(19,24)25)14-26-18(4)23/h9-10,12-13,19,21H,7-8,11,14H2,1-6H3/b10-9+,15-12+. The summed E-state index contributed by atoms with van der Waals surface area (Å²) in [5.74, 6) is -0.463. The highest BCUT2D eigenvalue weighted by Gasteiger charge is 2.39. The number of esters is 1. The average Bonchev–Trinajstić information content (AvgIpc) is 2.73. The number of hydrogen-bond acceptors (Lipinski definition) is 4. The van der Waals surface area contributed by atoms with Crippen molar-refractivity contribution in [2.45, 2.75) is 71.3 Å². The highest BCUT2D eigenvalue weighted by Crippen LogP contribution is 2.40. The predicted octanol–water partition coefficient (Wildman–Crippen LogP) is 4.69. The molecule has 0 saturated heterocycles. The highest BCUT2D eigenvalue weighted by atomic mass is 32.2. The SMILES string of the molecule is CC(=O)OCC1C(C)=CC(/C=C(C)/C=C/C2=C(C)CCCC2(C)C)S1(=O)=O. The summed E-state index contributed by atoms with van der Waals surface area (Å²) in [6.45, 7) is 11.6. The van der Waals surface area contributed by atoms with E-state index < -0.39 is 26.3 Å². The van der Waals surface area contributed by atoms with Gasteiger partial charge in [-0.1, -0.05) is 54.9 Å². The third kappa shape index (κ3) is 5.01. The lowest BCUT2D eigenvalue weighted by Crippen LogP contribution is -2.29. The molecule has 2 aliphatic rings. The summed E-state index contributed by atoms with van der Waals surface area (Å²) in [6.07, 6.45) is 11.2. The minimum Gasteiger partial charge on any atom is -0.464 e. The molecule has 0 bridgehead atoms. The maximum absolute atomic E-state index is 12.8. The first-order chi connectivity index (χ1) is 12.4. The molecular weight excluding hydrogens is 360 g/mol. The summed E-state index contributed by atoms with van der Waals surface area (Å²) in [5.41, 5.74) is 4.59. The van der Waals surface area contributed by atoms with Gasteiger partial charge in [-0.2, -0.15) is 0 Å². The third-order valence-corrected chi connectivity index (χ3v) is 7.96. The van der Waals surface area contributed by atoms with Crippen molar-refractivity contribution in [3.8, 4) is 0 Å². The van der Waals surface area contributed by atoms with E-state index in [0.717, 1.165) is 17.6 Å². The smallest absolute Gasteiger partial charge is 0.302 e. The van der Waals surface area contributed by atoms with E-state index in [0.29, 0.717) is 0 Å². The zero-order valence-corrected chi connectivity index (χ0v) is 18.2. The van der Waals surface area contributed by atoms with Crippen molar-refractivity contribution in [1.82, 2.24) is 0 Å². The molecule has 0 fully saturated rings. The van der Waals surface area contributed by atoms with Crippen LogP contribution in [0.2, 0.25) is 0 Å². The molecule has 150 valence electrons. The molecule has 0 amide bonds. The molecule has 2 unspecified atom stereocenters. The molecule has 1 heterocycles. The first kappa shape index (κ1) is 21.7. The van der Waals surface area contributed by atoms with Crippen molar-refractivity contribution in [2.24, 2.45) is 5.41 Å². The molecule has 0 radical (unpaired) electrons. The second kappa shape index (κ2) is 8.17. The maximum Gasteiger partial charge on any atom is 0.302 e. The molecule has 0 N–H and O–H groups in total. The van der Waals surface area contributed by atoms with E-state index in [9.17, 15) is 13.2 Å². The molecule has 1 aliphatic heterocycles. The summed E-state index contributed by atoms with van der Waals surface area (Å²) < 4.78 is 30.5. The molecule has 27 heavy (non-hydrogen) atoms. The summed E-state index contributed by atoms with van der Waals surface area (Å²) in [4.78, 5) is 11.0. The quantitative estimate of drug-likeness (QED) is 0.387. The van der Waals surface area contributed by atoms with Crippen LogP contribution in [0.15, 0.2) is 46.6 Å². The molecular formula is C22H32O4S. The van der Waals surface area contributed by atoms with Crippen molar-refractivity contribution in [2.75, 3.05) is 6.61 Å². The molecule has 0 saturated carbocycles. The molecule has 0 aromatic heterocycles. The Morgan fingerprint density at radius 3 is 2.56 bits per heavy atom. The fraction of sp³-hybridized carbons (Fsp3) is 0.591. The fourth-order valence-electron chi connectivity index (χ4n) is 4.01. The minimum atomic E-state index is -3.44. The summed E-state index contributed by atoms with van der Waals surface area (Å²) in [6, 6.07) is 0. The van der Waals surface area contributed by atoms with Gasteiger partial charge >= 0.3 is 5.97 Å². The predicted molar refractivity (Wildman–Crippen MR) is 110 cm³/mol. The molecule has 0 spiro atoms. The number of ether oxygens (including phenoxy) is 1. The van der Waals surface area contributed by atoms with Gasteiger partial charge in [0.1, 0.15) is 11.9 Å². The van der Waals surface area contributed by atoms with Crippen LogP contribution in [-0.2, 0) is 19.4 Å². The van der Waals surface area contributed by atoms with Gasteiger partial charge in [0.2, 0.25) is 0 Å². The first-order valence-corrected chi connectivity index (χ1v) is 11.2. The number of hydrogen-bond donors (Lipinski definition) is 0. The van der Waals surface area contributed by atoms with Gasteiger partial charge in [0.25, 0.3) is 0 Å². The minimum absolute atomic E-state index is 0.112. The Kier molecular flexibility index (Phi) is 6.56. The largest absolute Gasteiger partial charge is 0.464 e. The van der Waals surface area contributed by atoms with Crippen LogP contribution < -0.4 is 0 Å². The van der Waals surface area contributed by atoms with Gasteiger partial charge in [0.05, 0.1) is 5.25 Å². The van der Waals surface area contributed by atoms with Crippen LogP contribution >= 0.6 is 0 Å². The first-order valence-electron chi connectivity index (χ1n) is 9.56. The van der Waals surface area contributed by atoms with Crippen LogP contribution in [-0.4, -0.2) is 31.5 Å². The number of carbonyl (C=O) groups is 1. The lowest BCUT2D eigenvalue weighted by atomic mass is 9.72. The normalized spacial score (nSPS) is 27.8. The van der Waals surface area contributed by atoms with E-state index in [-0.39, 0.29) is 12.0 Å². The molecule has 5 heteroatoms. The maximum atomic E-state index is 12.8. The molecule has 2 atom stereocenters. The van der Waals surface area contributed by atoms with Crippen LogP contribution in [0.4, 0.5) is 0 Å².